The molecular formula is C3H2N5+. The van der Waals surface area contributed by atoms with Crippen molar-refractivity contribution in [3.05, 3.63) is 18.2 Å². The van der Waals surface area contributed by atoms with Crippen LogP contribution in [0.4, 0.5) is 5.95 Å². The van der Waals surface area contributed by atoms with Gasteiger partial charge >= 0.3 is 5.95 Å². The van der Waals surface area contributed by atoms with E-state index in [0.29, 0.717) is 0 Å². The van der Waals surface area contributed by atoms with Gasteiger partial charge in [0.15, 0.2) is 0 Å². The largest absolute Gasteiger partial charge is 0.725 e. The first-order valence-electron chi connectivity index (χ1n) is 1.90. The van der Waals surface area contributed by atoms with Crippen LogP contribution in [0, 0.1) is 0 Å². The van der Waals surface area contributed by atoms with Crippen LogP contribution in [0.25, 0.3) is 5.53 Å². The summed E-state index contributed by atoms with van der Waals surface area (Å²) < 4.78 is 0. The smallest absolute Gasteiger partial charge is 0.445 e. The summed E-state index contributed by atoms with van der Waals surface area (Å²) in [5.74, 6) is 0.0278. The van der Waals surface area contributed by atoms with Crippen molar-refractivity contribution in [1.82, 2.24) is 20.1 Å². The zero-order valence-corrected chi connectivity index (χ0v) is 3.89. The molecule has 0 saturated heterocycles. The monoisotopic (exact) mass is 108 g/mol. The van der Waals surface area contributed by atoms with Crippen molar-refractivity contribution >= 4 is 5.95 Å². The molecule has 0 spiro atoms. The minimum Gasteiger partial charge on any atom is -0.445 e. The van der Waals surface area contributed by atoms with Gasteiger partial charge in [0.1, 0.15) is 9.97 Å². The molecule has 1 heterocycles. The Hall–Kier alpha value is -1.48. The second kappa shape index (κ2) is 1.99. The fourth-order valence-corrected chi connectivity index (χ4v) is 0.285. The van der Waals surface area contributed by atoms with Crippen LogP contribution in [-0.2, 0) is 0 Å². The summed E-state index contributed by atoms with van der Waals surface area (Å²) in [5, 5.41) is 2.71. The summed E-state index contributed by atoms with van der Waals surface area (Å²) in [6.45, 7) is 0. The first-order valence-corrected chi connectivity index (χ1v) is 1.90. The van der Waals surface area contributed by atoms with E-state index in [-0.39, 0.29) is 5.95 Å². The Balaban J connectivity index is 2.99. The Labute approximate surface area is 45.3 Å². The van der Waals surface area contributed by atoms with Crippen LogP contribution in [0.1, 0.15) is 0 Å². The predicted octanol–water partition coefficient (Wildman–Crippen LogP) is -0.140. The first kappa shape index (κ1) is 4.67. The number of hydrogen-bond donors (Lipinski definition) is 0. The van der Waals surface area contributed by atoms with Gasteiger partial charge in [-0.1, -0.05) is 0 Å². The molecule has 5 nitrogen and oxygen atoms in total. The Morgan fingerprint density at radius 1 is 1.38 bits per heavy atom. The number of hydrogen-bond acceptors (Lipinski definition) is 4. The van der Waals surface area contributed by atoms with Crippen molar-refractivity contribution < 1.29 is 0 Å². The molecule has 0 aliphatic carbocycles. The summed E-state index contributed by atoms with van der Waals surface area (Å²) in [6, 6.07) is 0. The van der Waals surface area contributed by atoms with Crippen LogP contribution in [-0.4, -0.2) is 15.0 Å². The van der Waals surface area contributed by atoms with E-state index in [2.05, 4.69) is 20.1 Å². The normalized spacial score (nSPS) is 8.00. The minimum atomic E-state index is 0.0278. The second-order valence-electron chi connectivity index (χ2n) is 1.04. The summed E-state index contributed by atoms with van der Waals surface area (Å²) in [7, 11) is 0. The highest BCUT2D eigenvalue weighted by atomic mass is 15.1. The van der Waals surface area contributed by atoms with Crippen molar-refractivity contribution in [2.24, 2.45) is 0 Å². The molecule has 5 heteroatoms. The maximum atomic E-state index is 8.01. The van der Waals surface area contributed by atoms with Gasteiger partial charge in [-0.15, -0.1) is 0 Å². The molecule has 1 aromatic heterocycles. The van der Waals surface area contributed by atoms with E-state index in [1.165, 1.54) is 12.7 Å². The van der Waals surface area contributed by atoms with Crippen molar-refractivity contribution in [1.29, 1.82) is 0 Å². The highest BCUT2D eigenvalue weighted by Gasteiger charge is 2.11. The third-order valence-electron chi connectivity index (χ3n) is 0.569. The van der Waals surface area contributed by atoms with Crippen LogP contribution in [0.2, 0.25) is 0 Å². The molecule has 38 valence electrons. The highest BCUT2D eigenvalue weighted by molar-refractivity contribution is 5.04. The standard InChI is InChI=1S/C3H2N5/c4-8-3-6-1-5-2-7-3/h1-2H/q+1. The van der Waals surface area contributed by atoms with E-state index in [1.54, 1.807) is 0 Å². The molecule has 0 aliphatic heterocycles. The average Bonchev–Trinajstić information content (AvgIpc) is 1.90. The molecule has 0 saturated carbocycles. The molecule has 0 fully saturated rings. The van der Waals surface area contributed by atoms with Crippen LogP contribution < -0.4 is 5.11 Å². The Bertz CT molecular complexity index is 170. The van der Waals surface area contributed by atoms with Gasteiger partial charge in [-0.2, -0.15) is 10.1 Å². The maximum absolute atomic E-state index is 8.01. The van der Waals surface area contributed by atoms with E-state index in [0.717, 1.165) is 0 Å². The van der Waals surface area contributed by atoms with Crippen molar-refractivity contribution in [2.75, 3.05) is 0 Å². The molecule has 0 atom stereocenters. The zero-order chi connectivity index (χ0) is 5.82. The Kier molecular flexibility index (Phi) is 1.16. The summed E-state index contributed by atoms with van der Waals surface area (Å²) in [4.78, 5) is 10.4. The molecule has 0 amide bonds. The van der Waals surface area contributed by atoms with Crippen molar-refractivity contribution in [3.63, 3.8) is 0 Å². The van der Waals surface area contributed by atoms with Crippen LogP contribution >= 0.6 is 0 Å². The van der Waals surface area contributed by atoms with Gasteiger partial charge in [0, 0.05) is 0 Å². The van der Waals surface area contributed by atoms with Gasteiger partial charge in [0.05, 0.1) is 0 Å². The predicted molar refractivity (Wildman–Crippen MR) is 25.0 cm³/mol. The zero-order valence-electron chi connectivity index (χ0n) is 3.89. The fraction of sp³-hybridized carbons (Fsp3) is 0. The quantitative estimate of drug-likeness (QED) is 0.470. The number of rotatable bonds is 1. The molecule has 0 N–H and O–H groups in total. The minimum absolute atomic E-state index is 0.0278. The molecular weight excluding hydrogens is 106 g/mol. The molecule has 0 bridgehead atoms. The molecule has 0 unspecified atom stereocenters. The SMILES string of the molecule is [N-]=[N+2]c1ncncn1. The van der Waals surface area contributed by atoms with E-state index >= 15 is 0 Å². The highest BCUT2D eigenvalue weighted by Crippen LogP contribution is 1.84. The average molecular weight is 108 g/mol. The van der Waals surface area contributed by atoms with E-state index < -0.39 is 0 Å². The third-order valence-corrected chi connectivity index (χ3v) is 0.569. The van der Waals surface area contributed by atoms with E-state index in [4.69, 9.17) is 5.53 Å². The number of aromatic nitrogens is 3. The molecule has 1 aromatic rings. The number of nitrogens with zero attached hydrogens (tertiary/aromatic N) is 5. The van der Waals surface area contributed by atoms with Crippen molar-refractivity contribution in [3.8, 4) is 0 Å². The van der Waals surface area contributed by atoms with Gasteiger partial charge in [-0.05, 0) is 0 Å². The molecule has 8 heavy (non-hydrogen) atoms. The van der Waals surface area contributed by atoms with Crippen LogP contribution in [0.3, 0.4) is 0 Å². The Morgan fingerprint density at radius 2 is 2.00 bits per heavy atom. The molecule has 0 aromatic carbocycles. The van der Waals surface area contributed by atoms with Gasteiger partial charge in [0.25, 0.3) is 12.7 Å². The lowest BCUT2D eigenvalue weighted by Gasteiger charge is -1.60. The van der Waals surface area contributed by atoms with Gasteiger partial charge in [0.2, 0.25) is 0 Å². The lowest BCUT2D eigenvalue weighted by Crippen LogP contribution is -1.85. The fourth-order valence-electron chi connectivity index (χ4n) is 0.285. The van der Waals surface area contributed by atoms with Gasteiger partial charge in [-0.25, -0.2) is 0 Å². The van der Waals surface area contributed by atoms with Crippen LogP contribution in [0.5, 0.6) is 0 Å². The van der Waals surface area contributed by atoms with Gasteiger partial charge < -0.3 is 5.53 Å². The topological polar surface area (TPSA) is 75.1 Å². The Morgan fingerprint density at radius 3 is 2.38 bits per heavy atom. The van der Waals surface area contributed by atoms with Crippen molar-refractivity contribution in [2.45, 2.75) is 0 Å². The summed E-state index contributed by atoms with van der Waals surface area (Å²) in [5.41, 5.74) is 8.01. The summed E-state index contributed by atoms with van der Waals surface area (Å²) in [6.07, 6.45) is 2.50. The van der Waals surface area contributed by atoms with E-state index in [1.807, 2.05) is 0 Å². The van der Waals surface area contributed by atoms with E-state index in [9.17, 15) is 0 Å². The third kappa shape index (κ3) is 0.772. The molecule has 1 rings (SSSR count). The lowest BCUT2D eigenvalue weighted by molar-refractivity contribution is 0.998. The molecule has 0 aliphatic rings. The molecule has 0 radical (unpaired) electrons. The second-order valence-corrected chi connectivity index (χ2v) is 1.04. The van der Waals surface area contributed by atoms with Gasteiger partial charge in [-0.3, -0.25) is 0 Å². The maximum Gasteiger partial charge on any atom is 0.725 e. The van der Waals surface area contributed by atoms with Crippen LogP contribution in [0.15, 0.2) is 12.7 Å². The summed E-state index contributed by atoms with van der Waals surface area (Å²) >= 11 is 0. The first-order chi connectivity index (χ1) is 3.93. The lowest BCUT2D eigenvalue weighted by atomic mass is 11.0.